The Labute approximate surface area is 630 Å². The molecule has 0 aliphatic carbocycles. The van der Waals surface area contributed by atoms with Crippen LogP contribution in [-0.4, -0.2) is 241 Å². The average molecular weight is 1530 g/mol. The van der Waals surface area contributed by atoms with E-state index in [1.165, 1.54) is 17.4 Å². The number of rotatable bonds is 33. The summed E-state index contributed by atoms with van der Waals surface area (Å²) in [7, 11) is 1.92. The molecule has 2 unspecified atom stereocenters. The van der Waals surface area contributed by atoms with Gasteiger partial charge in [-0.1, -0.05) is 88.7 Å². The Bertz CT molecular complexity index is 4080. The average Bonchev–Trinajstić information content (AvgIpc) is 1.59. The second kappa shape index (κ2) is 41.3. The molecule has 0 bridgehead atoms. The van der Waals surface area contributed by atoms with E-state index in [9.17, 15) is 58.2 Å². The number of unbranched alkanes of at least 4 members (excludes halogenated alkanes) is 1. The van der Waals surface area contributed by atoms with Crippen molar-refractivity contribution in [2.75, 3.05) is 57.3 Å². The maximum atomic E-state index is 15.5. The molecule has 0 spiro atoms. The van der Waals surface area contributed by atoms with Gasteiger partial charge >= 0.3 is 11.9 Å². The molecule has 3 aliphatic rings. The van der Waals surface area contributed by atoms with Gasteiger partial charge in [-0.25, -0.2) is 4.98 Å². The number of nitrogens with two attached hydrogens (primary N) is 4. The van der Waals surface area contributed by atoms with Gasteiger partial charge in [-0.15, -0.1) is 0 Å². The molecule has 5 aromatic rings. The van der Waals surface area contributed by atoms with Crippen molar-refractivity contribution in [3.05, 3.63) is 102 Å². The van der Waals surface area contributed by atoms with Crippen LogP contribution in [0.25, 0.3) is 21.7 Å². The Morgan fingerprint density at radius 3 is 1.96 bits per heavy atom. The van der Waals surface area contributed by atoms with E-state index in [1.807, 2.05) is 36.4 Å². The molecule has 8 amide bonds. The fraction of sp³-hybridized carbons (Fsp3) is 0.500. The Morgan fingerprint density at radius 2 is 1.28 bits per heavy atom. The number of ketones is 4. The number of hydrogen-bond donors (Lipinski definition) is 16. The number of carbonyl (C=O) groups is 14. The zero-order valence-electron chi connectivity index (χ0n) is 59.9. The molecule has 11 atom stereocenters. The molecule has 36 heteroatoms. The lowest BCUT2D eigenvalue weighted by Crippen LogP contribution is -2.61. The summed E-state index contributed by atoms with van der Waals surface area (Å²) in [6.07, 6.45) is 4.47. The van der Waals surface area contributed by atoms with Crippen LogP contribution >= 0.6 is 21.6 Å². The molecule has 582 valence electrons. The van der Waals surface area contributed by atoms with Gasteiger partial charge in [0.25, 0.3) is 0 Å². The van der Waals surface area contributed by atoms with Gasteiger partial charge in [-0.3, -0.25) is 82.3 Å². The number of carbonyl (C=O) groups excluding carboxylic acids is 12. The smallest absolute Gasteiger partial charge is 0.305 e. The van der Waals surface area contributed by atoms with Crippen LogP contribution in [0.15, 0.2) is 90.4 Å². The summed E-state index contributed by atoms with van der Waals surface area (Å²) in [4.78, 5) is 214. The molecule has 3 fully saturated rings. The molecule has 20 N–H and O–H groups in total. The first-order valence-electron chi connectivity index (χ1n) is 35.9. The van der Waals surface area contributed by atoms with Crippen LogP contribution in [0, 0.1) is 5.92 Å². The Morgan fingerprint density at radius 1 is 0.648 bits per heavy atom. The number of fused-ring (bicyclic) bond motifs is 2. The third kappa shape index (κ3) is 24.7. The summed E-state index contributed by atoms with van der Waals surface area (Å²) in [5, 5.41) is 43.5. The van der Waals surface area contributed by atoms with E-state index >= 15 is 19.2 Å². The second-order valence-electron chi connectivity index (χ2n) is 27.1. The zero-order valence-corrected chi connectivity index (χ0v) is 61.6. The van der Waals surface area contributed by atoms with Crippen LogP contribution in [0.1, 0.15) is 101 Å². The van der Waals surface area contributed by atoms with Gasteiger partial charge in [0.2, 0.25) is 47.3 Å². The number of aliphatic carboxylic acids is 2. The van der Waals surface area contributed by atoms with Gasteiger partial charge in [0, 0.05) is 79.3 Å². The minimum atomic E-state index is -1.66. The fourth-order valence-corrected chi connectivity index (χ4v) is 15.8. The number of hydrogen-bond acceptors (Lipinski definition) is 22. The lowest BCUT2D eigenvalue weighted by atomic mass is 9.99. The number of aromatic nitrogens is 3. The molecule has 34 nitrogen and oxygen atoms in total. The van der Waals surface area contributed by atoms with Gasteiger partial charge in [0.15, 0.2) is 23.3 Å². The largest absolute Gasteiger partial charge is 0.481 e. The second-order valence-corrected chi connectivity index (χ2v) is 29.6. The van der Waals surface area contributed by atoms with E-state index in [-0.39, 0.29) is 94.4 Å². The van der Waals surface area contributed by atoms with Gasteiger partial charge < -0.3 is 85.2 Å². The van der Waals surface area contributed by atoms with Crippen molar-refractivity contribution in [3.63, 3.8) is 0 Å². The number of primary amides is 1. The van der Waals surface area contributed by atoms with Crippen LogP contribution in [0.5, 0.6) is 0 Å². The first-order valence-corrected chi connectivity index (χ1v) is 38.4. The first-order chi connectivity index (χ1) is 51.8. The molecular weight excluding hydrogens is 1440 g/mol. The number of carboxylic acids is 2. The highest BCUT2D eigenvalue weighted by Gasteiger charge is 2.42. The van der Waals surface area contributed by atoms with Crippen molar-refractivity contribution in [3.8, 4) is 0 Å². The van der Waals surface area contributed by atoms with Gasteiger partial charge in [-0.2, -0.15) is 0 Å². The standard InChI is InChI=1S/C72H96N18O16S2/c1-40(91)47-37-107-108-38-56(71(106)90-26-10-18-58(90)61(94)36-89-25-9-17-57(89)60(93)35-80-49(15-6-7-23-73)59(92)34-81-52(64(74)99)31-63(97)98)88-69(104)54(29-44-32-79-48-14-5-4-13-46(44)48)86-66(101)50(16-8-24-78-72(75)76)84-68(103)53(28-41-19-20-42-11-2-3-12-43(42)27-41)85-70(105)55(30-45-33-77-39-82-45)87-67(102)51(83-65(47)100)21-22-62(95)96/h2-5,11-14,19-20,27,32-33,39,47,49-58,79-81H,6-10,15-18,21-26,28-31,34-38,73H2,1H3,(H2,74,99)(H,77,82)(H,83,100)(H,84,103)(H,85,105)(H,86,101)(H,87,102)(H,88,104)(H,95,96)(H,97,98)(H4,75,76,78)/t47?,49-,50-,51+,52-,53-,54+,55-,56?,57-,58-/m0/s1. The Kier molecular flexibility index (Phi) is 31.9. The van der Waals surface area contributed by atoms with Crippen molar-refractivity contribution in [2.45, 2.75) is 164 Å². The highest BCUT2D eigenvalue weighted by atomic mass is 33.1. The number of aromatic amines is 2. The normalized spacial score (nSPS) is 22.4. The van der Waals surface area contributed by atoms with Gasteiger partial charge in [0.05, 0.1) is 56.5 Å². The number of H-pyrrole nitrogens is 2. The summed E-state index contributed by atoms with van der Waals surface area (Å²) in [6, 6.07) is 6.56. The predicted octanol–water partition coefficient (Wildman–Crippen LogP) is -1.33. The number of aliphatic imine (C=N–C) groups is 1. The van der Waals surface area contributed by atoms with Crippen molar-refractivity contribution < 1.29 is 77.3 Å². The minimum Gasteiger partial charge on any atom is -0.481 e. The molecule has 3 saturated heterocycles. The third-order valence-electron chi connectivity index (χ3n) is 19.2. The molecule has 8 rings (SSSR count). The third-order valence-corrected chi connectivity index (χ3v) is 21.6. The van der Waals surface area contributed by atoms with Crippen molar-refractivity contribution >= 4 is 132 Å². The Balaban J connectivity index is 1.12. The molecule has 5 heterocycles. The summed E-state index contributed by atoms with van der Waals surface area (Å²) in [5.41, 5.74) is 24.6. The maximum Gasteiger partial charge on any atom is 0.305 e. The van der Waals surface area contributed by atoms with Crippen molar-refractivity contribution in [2.24, 2.45) is 33.8 Å². The van der Waals surface area contributed by atoms with Crippen LogP contribution in [0.4, 0.5) is 0 Å². The predicted molar refractivity (Wildman–Crippen MR) is 402 cm³/mol. The number of imidazole rings is 1. The first kappa shape index (κ1) is 83.5. The number of para-hydroxylation sites is 1. The number of Topliss-reactive ketones (excluding diaryl/α,β-unsaturated/α-hetero) is 4. The quantitative estimate of drug-likeness (QED) is 0.00760. The van der Waals surface area contributed by atoms with Crippen LogP contribution in [-0.2, 0) is 86.4 Å². The summed E-state index contributed by atoms with van der Waals surface area (Å²) >= 11 is 0. The molecule has 0 radical (unpaired) electrons. The summed E-state index contributed by atoms with van der Waals surface area (Å²) in [5.74, 6) is -14.2. The zero-order chi connectivity index (χ0) is 78.0. The monoisotopic (exact) mass is 1530 g/mol. The van der Waals surface area contributed by atoms with Gasteiger partial charge in [0.1, 0.15) is 48.0 Å². The molecule has 2 aromatic heterocycles. The van der Waals surface area contributed by atoms with E-state index in [1.54, 1.807) is 41.4 Å². The molecule has 108 heavy (non-hydrogen) atoms. The Hall–Kier alpha value is -10.1. The van der Waals surface area contributed by atoms with E-state index in [4.69, 9.17) is 22.9 Å². The highest BCUT2D eigenvalue weighted by molar-refractivity contribution is 8.76. The van der Waals surface area contributed by atoms with Crippen LogP contribution < -0.4 is 65.5 Å². The van der Waals surface area contributed by atoms with E-state index in [0.717, 1.165) is 39.3 Å². The van der Waals surface area contributed by atoms with E-state index in [2.05, 4.69) is 62.5 Å². The highest BCUT2D eigenvalue weighted by Crippen LogP contribution is 2.30. The molecule has 0 saturated carbocycles. The number of nitrogens with zero attached hydrogens (tertiary/aromatic N) is 4. The van der Waals surface area contributed by atoms with E-state index < -0.39 is 169 Å². The van der Waals surface area contributed by atoms with Gasteiger partial charge in [-0.05, 0) is 106 Å². The summed E-state index contributed by atoms with van der Waals surface area (Å²) in [6.45, 7) is 0.811. The topological polar surface area (TPSA) is 543 Å². The lowest BCUT2D eigenvalue weighted by molar-refractivity contribution is -0.141. The number of amides is 8. The maximum absolute atomic E-state index is 15.5. The molecule has 3 aliphatic heterocycles. The number of benzene rings is 3. The van der Waals surface area contributed by atoms with Crippen LogP contribution in [0.3, 0.4) is 0 Å². The number of likely N-dealkylation sites (tertiary alicyclic amines) is 2. The number of carboxylic acid groups (broad SMARTS) is 2. The van der Waals surface area contributed by atoms with E-state index in [0.29, 0.717) is 72.9 Å². The van der Waals surface area contributed by atoms with Crippen molar-refractivity contribution in [1.29, 1.82) is 0 Å². The SMILES string of the molecule is CC(=O)C1CSSCC(C(=O)N2CCC[C@H]2C(=O)CN2CCC[C@H]2C(=O)CN[C@@H](CCCCN)C(=O)CN[C@@H](CC(=O)O)C(N)=O)NC(=O)[C@@H](Cc2c[nH]c3ccccc23)NC(=O)[C@H](CCCN=C(N)N)NC(=O)[C@H](Cc2ccc3ccccc3c2)NC(=O)[C@H](Cc2cnc[nH]2)NC(=O)[C@@H](CCC(=O)O)NC1=O. The number of nitrogens with one attached hydrogen (secondary N) is 10. The number of guanidine groups is 1. The van der Waals surface area contributed by atoms with Crippen molar-refractivity contribution in [1.82, 2.24) is 67.3 Å². The lowest BCUT2D eigenvalue weighted by Gasteiger charge is -2.31. The summed E-state index contributed by atoms with van der Waals surface area (Å²) < 4.78 is 0. The fourth-order valence-electron chi connectivity index (χ4n) is 13.4. The van der Waals surface area contributed by atoms with Crippen LogP contribution in [0.2, 0.25) is 0 Å². The molecule has 3 aromatic carbocycles. The molecular formula is C72H96N18O16S2. The minimum absolute atomic E-state index is 0.0236.